The number of hydrogen-bond acceptors (Lipinski definition) is 8. The molecule has 2 saturated heterocycles. The zero-order chi connectivity index (χ0) is 29.2. The van der Waals surface area contributed by atoms with Crippen molar-refractivity contribution in [1.29, 1.82) is 10.5 Å². The van der Waals surface area contributed by atoms with Gasteiger partial charge in [0.1, 0.15) is 25.9 Å². The van der Waals surface area contributed by atoms with Crippen LogP contribution in [0.4, 0.5) is 0 Å². The van der Waals surface area contributed by atoms with Crippen molar-refractivity contribution in [2.45, 2.75) is 19.6 Å². The predicted molar refractivity (Wildman–Crippen MR) is 159 cm³/mol. The van der Waals surface area contributed by atoms with Crippen molar-refractivity contribution in [2.75, 3.05) is 39.5 Å². The summed E-state index contributed by atoms with van der Waals surface area (Å²) < 4.78 is 23.5. The van der Waals surface area contributed by atoms with Crippen molar-refractivity contribution < 1.29 is 18.9 Å². The monoisotopic (exact) mass is 570 g/mol. The average molecular weight is 571 g/mol. The van der Waals surface area contributed by atoms with Crippen LogP contribution in [0.1, 0.15) is 28.7 Å². The summed E-state index contributed by atoms with van der Waals surface area (Å²) in [6.45, 7) is 5.66. The first-order valence-electron chi connectivity index (χ1n) is 14.5. The lowest BCUT2D eigenvalue weighted by molar-refractivity contribution is -0.0129. The molecule has 0 bridgehead atoms. The third-order valence-electron chi connectivity index (χ3n) is 8.37. The Morgan fingerprint density at radius 3 is 2.51 bits per heavy atom. The fraction of sp³-hybridized carbons (Fsp3) is 0.286. The van der Waals surface area contributed by atoms with Crippen molar-refractivity contribution in [2.24, 2.45) is 5.41 Å². The van der Waals surface area contributed by atoms with Crippen LogP contribution in [-0.2, 0) is 17.9 Å². The number of pyridine rings is 1. The van der Waals surface area contributed by atoms with Crippen LogP contribution in [0.2, 0.25) is 0 Å². The fourth-order valence-electron chi connectivity index (χ4n) is 6.24. The molecule has 8 heteroatoms. The van der Waals surface area contributed by atoms with Gasteiger partial charge < -0.3 is 18.9 Å². The van der Waals surface area contributed by atoms with E-state index in [1.807, 2.05) is 60.7 Å². The summed E-state index contributed by atoms with van der Waals surface area (Å²) in [4.78, 5) is 7.38. The number of benzene rings is 3. The first kappa shape index (κ1) is 27.0. The first-order chi connectivity index (χ1) is 21.1. The molecule has 3 aromatic carbocycles. The van der Waals surface area contributed by atoms with Crippen LogP contribution in [0, 0.1) is 28.1 Å². The van der Waals surface area contributed by atoms with E-state index in [1.165, 1.54) is 0 Å². The quantitative estimate of drug-likeness (QED) is 0.278. The lowest BCUT2D eigenvalue weighted by atomic mass is 9.79. The van der Waals surface area contributed by atoms with Gasteiger partial charge in [-0.3, -0.25) is 4.90 Å². The molecule has 2 fully saturated rings. The van der Waals surface area contributed by atoms with Gasteiger partial charge in [-0.1, -0.05) is 42.5 Å². The van der Waals surface area contributed by atoms with Crippen LogP contribution in [0.25, 0.3) is 22.4 Å². The number of hydrogen-bond donors (Lipinski definition) is 0. The third kappa shape index (κ3) is 5.39. The Hall–Kier alpha value is -4.89. The van der Waals surface area contributed by atoms with E-state index in [2.05, 4.69) is 23.1 Å². The van der Waals surface area contributed by atoms with Crippen molar-refractivity contribution in [1.82, 2.24) is 9.88 Å². The first-order valence-corrected chi connectivity index (χ1v) is 14.5. The molecular weight excluding hydrogens is 540 g/mol. The van der Waals surface area contributed by atoms with E-state index in [0.29, 0.717) is 54.0 Å². The summed E-state index contributed by atoms with van der Waals surface area (Å²) in [5, 5.41) is 19.7. The topological polar surface area (TPSA) is 101 Å². The normalized spacial score (nSPS) is 16.7. The Labute approximate surface area is 250 Å². The van der Waals surface area contributed by atoms with Gasteiger partial charge in [0.15, 0.2) is 11.5 Å². The fourth-order valence-corrected chi connectivity index (χ4v) is 6.24. The molecule has 1 spiro atoms. The molecule has 4 heterocycles. The SMILES string of the molecule is N#Cc1cccc(COc2nc(-c3cccc(-c4ccc5c(c4)OCCO5)c3C#N)ccc2CN2CC3(CCOC3)C2)c1. The van der Waals surface area contributed by atoms with E-state index in [9.17, 15) is 10.5 Å². The molecule has 43 heavy (non-hydrogen) atoms. The van der Waals surface area contributed by atoms with E-state index < -0.39 is 0 Å². The number of nitrogens with zero attached hydrogens (tertiary/aromatic N) is 4. The maximum absolute atomic E-state index is 10.3. The highest BCUT2D eigenvalue weighted by Crippen LogP contribution is 2.41. The van der Waals surface area contributed by atoms with Crippen LogP contribution in [0.15, 0.2) is 72.8 Å². The highest BCUT2D eigenvalue weighted by atomic mass is 16.6. The number of nitriles is 2. The smallest absolute Gasteiger partial charge is 0.218 e. The second kappa shape index (κ2) is 11.4. The zero-order valence-corrected chi connectivity index (χ0v) is 23.7. The summed E-state index contributed by atoms with van der Waals surface area (Å²) in [6.07, 6.45) is 1.11. The molecule has 3 aliphatic heterocycles. The van der Waals surface area contributed by atoms with Crippen molar-refractivity contribution >= 4 is 0 Å². The molecule has 0 unspecified atom stereocenters. The minimum absolute atomic E-state index is 0.277. The van der Waals surface area contributed by atoms with Gasteiger partial charge in [0.05, 0.1) is 29.5 Å². The minimum atomic E-state index is 0.277. The van der Waals surface area contributed by atoms with Crippen molar-refractivity contribution in [3.8, 4) is 51.9 Å². The number of fused-ring (bicyclic) bond motifs is 1. The number of likely N-dealkylation sites (tertiary alicyclic amines) is 1. The molecule has 8 nitrogen and oxygen atoms in total. The molecule has 0 N–H and O–H groups in total. The molecule has 1 aromatic heterocycles. The maximum Gasteiger partial charge on any atom is 0.218 e. The molecule has 0 aliphatic carbocycles. The molecule has 3 aliphatic rings. The average Bonchev–Trinajstić information content (AvgIpc) is 3.54. The third-order valence-corrected chi connectivity index (χ3v) is 8.37. The number of rotatable bonds is 7. The molecule has 214 valence electrons. The van der Waals surface area contributed by atoms with Gasteiger partial charge in [-0.15, -0.1) is 0 Å². The Morgan fingerprint density at radius 2 is 1.70 bits per heavy atom. The Morgan fingerprint density at radius 1 is 0.860 bits per heavy atom. The van der Waals surface area contributed by atoms with Gasteiger partial charge in [-0.05, 0) is 47.9 Å². The number of aromatic nitrogens is 1. The molecule has 0 saturated carbocycles. The zero-order valence-electron chi connectivity index (χ0n) is 23.7. The lowest BCUT2D eigenvalue weighted by Crippen LogP contribution is -2.56. The van der Waals surface area contributed by atoms with E-state index in [0.717, 1.165) is 60.5 Å². The van der Waals surface area contributed by atoms with Gasteiger partial charge in [0.2, 0.25) is 5.88 Å². The summed E-state index contributed by atoms with van der Waals surface area (Å²) in [5.41, 5.74) is 6.31. The highest BCUT2D eigenvalue weighted by molar-refractivity contribution is 5.82. The summed E-state index contributed by atoms with van der Waals surface area (Å²) in [6, 6.07) is 27.6. The van der Waals surface area contributed by atoms with E-state index >= 15 is 0 Å². The number of ether oxygens (including phenoxy) is 4. The van der Waals surface area contributed by atoms with E-state index in [-0.39, 0.29) is 12.0 Å². The Kier molecular flexibility index (Phi) is 7.16. The molecule has 0 atom stereocenters. The van der Waals surface area contributed by atoms with Crippen molar-refractivity contribution in [3.05, 3.63) is 95.1 Å². The van der Waals surface area contributed by atoms with Crippen molar-refractivity contribution in [3.63, 3.8) is 0 Å². The highest BCUT2D eigenvalue weighted by Gasteiger charge is 2.45. The summed E-state index contributed by atoms with van der Waals surface area (Å²) in [5.74, 6) is 1.91. The van der Waals surface area contributed by atoms with Crippen LogP contribution in [0.3, 0.4) is 0 Å². The maximum atomic E-state index is 10.3. The molecule has 4 aromatic rings. The summed E-state index contributed by atoms with van der Waals surface area (Å²) in [7, 11) is 0. The van der Waals surface area contributed by atoms with Crippen LogP contribution in [0.5, 0.6) is 17.4 Å². The molecule has 0 amide bonds. The largest absolute Gasteiger partial charge is 0.486 e. The Balaban J connectivity index is 1.21. The molecular formula is C35H30N4O4. The standard InChI is InChI=1S/C35H30N4O4/c36-17-24-3-1-4-25(15-24)20-43-34-27(19-39-21-35(22-39)11-12-40-23-35)7-9-31(38-34)29-6-2-5-28(30(29)18-37)26-8-10-32-33(16-26)42-14-13-41-32/h1-10,15-16H,11-14,19-23H2. The molecule has 7 rings (SSSR count). The second-order valence-electron chi connectivity index (χ2n) is 11.4. The van der Waals surface area contributed by atoms with Crippen LogP contribution in [-0.4, -0.2) is 49.4 Å². The van der Waals surface area contributed by atoms with Crippen LogP contribution >= 0.6 is 0 Å². The van der Waals surface area contributed by atoms with E-state index in [1.54, 1.807) is 6.07 Å². The summed E-state index contributed by atoms with van der Waals surface area (Å²) >= 11 is 0. The predicted octanol–water partition coefficient (Wildman–Crippen LogP) is 5.73. The minimum Gasteiger partial charge on any atom is -0.486 e. The molecule has 0 radical (unpaired) electrons. The van der Waals surface area contributed by atoms with Gasteiger partial charge in [0.25, 0.3) is 0 Å². The second-order valence-corrected chi connectivity index (χ2v) is 11.4. The van der Waals surface area contributed by atoms with E-state index in [4.69, 9.17) is 23.9 Å². The van der Waals surface area contributed by atoms with Gasteiger partial charge in [0, 0.05) is 48.3 Å². The van der Waals surface area contributed by atoms with Gasteiger partial charge >= 0.3 is 0 Å². The van der Waals surface area contributed by atoms with Gasteiger partial charge in [-0.2, -0.15) is 10.5 Å². The Bertz CT molecular complexity index is 1760. The van der Waals surface area contributed by atoms with Gasteiger partial charge in [-0.25, -0.2) is 4.98 Å². The van der Waals surface area contributed by atoms with Crippen LogP contribution < -0.4 is 14.2 Å². The lowest BCUT2D eigenvalue weighted by Gasteiger charge is -2.47.